The highest BCUT2D eigenvalue weighted by molar-refractivity contribution is 5.82. The number of hydrogen-bond donors (Lipinski definition) is 1. The molecule has 2 aromatic carbocycles. The van der Waals surface area contributed by atoms with Crippen LogP contribution in [0.5, 0.6) is 5.75 Å². The average Bonchev–Trinajstić information content (AvgIpc) is 3.55. The number of nitrogens with zero attached hydrogens (tertiary/aromatic N) is 5. The number of anilines is 2. The first-order valence-electron chi connectivity index (χ1n) is 11.3. The minimum atomic E-state index is -0.322. The van der Waals surface area contributed by atoms with Gasteiger partial charge in [0.05, 0.1) is 36.2 Å². The van der Waals surface area contributed by atoms with E-state index in [1.807, 2.05) is 24.3 Å². The zero-order chi connectivity index (χ0) is 22.6. The minimum Gasteiger partial charge on any atom is -0.497 e. The number of ether oxygens (including phenoxy) is 1. The molecule has 4 aromatic rings. The van der Waals surface area contributed by atoms with E-state index in [2.05, 4.69) is 25.0 Å². The molecule has 1 saturated heterocycles. The Balaban J connectivity index is 1.49. The Kier molecular flexibility index (Phi) is 6.17. The highest BCUT2D eigenvalue weighted by Gasteiger charge is 2.16. The van der Waals surface area contributed by atoms with Gasteiger partial charge >= 0.3 is 0 Å². The van der Waals surface area contributed by atoms with Crippen molar-refractivity contribution in [3.8, 4) is 17.0 Å². The lowest BCUT2D eigenvalue weighted by molar-refractivity contribution is 0.336. The topological polar surface area (TPSA) is 70.2 Å². The van der Waals surface area contributed by atoms with Crippen molar-refractivity contribution in [2.45, 2.75) is 19.3 Å². The largest absolute Gasteiger partial charge is 0.497 e. The zero-order valence-electron chi connectivity index (χ0n) is 18.7. The summed E-state index contributed by atoms with van der Waals surface area (Å²) in [5.74, 6) is 0.175. The number of H-pyrrole nitrogens is 1. The third-order valence-corrected chi connectivity index (χ3v) is 6.09. The van der Waals surface area contributed by atoms with Crippen molar-refractivity contribution >= 4 is 22.4 Å². The molecule has 0 amide bonds. The summed E-state index contributed by atoms with van der Waals surface area (Å²) in [7, 11) is 1.55. The van der Waals surface area contributed by atoms with E-state index in [9.17, 15) is 4.39 Å². The number of likely N-dealkylation sites (tertiary alicyclic amines) is 1. The van der Waals surface area contributed by atoms with E-state index in [1.165, 1.54) is 18.9 Å². The number of fused-ring (bicyclic) bond motifs is 1. The third-order valence-electron chi connectivity index (χ3n) is 6.09. The summed E-state index contributed by atoms with van der Waals surface area (Å²) in [6, 6.07) is 10.8. The number of benzene rings is 2. The van der Waals surface area contributed by atoms with Crippen LogP contribution in [0.25, 0.3) is 22.3 Å². The standard InChI is InChI=1S/C25H27FN6O/c1-33-22-12-19(26)11-21(13-22)32(10-4-9-31-7-2-3-8-31)20-5-6-23-24(14-20)30-25(17-27-23)18-15-28-29-16-18/h5-6,11-17H,2-4,7-10H2,1H3,(H,28,29). The Bertz CT molecular complexity index is 1220. The summed E-state index contributed by atoms with van der Waals surface area (Å²) < 4.78 is 19.7. The van der Waals surface area contributed by atoms with Gasteiger partial charge in [-0.3, -0.25) is 10.1 Å². The highest BCUT2D eigenvalue weighted by Crippen LogP contribution is 2.32. The molecule has 0 spiro atoms. The van der Waals surface area contributed by atoms with Crippen LogP contribution in [-0.4, -0.2) is 58.4 Å². The Hall–Kier alpha value is -3.52. The van der Waals surface area contributed by atoms with Gasteiger partial charge < -0.3 is 14.5 Å². The fourth-order valence-corrected chi connectivity index (χ4v) is 4.39. The van der Waals surface area contributed by atoms with Crippen LogP contribution in [0.1, 0.15) is 19.3 Å². The SMILES string of the molecule is COc1cc(F)cc(N(CCCN2CCCC2)c2ccc3ncc(-c4cn[nH]c4)nc3c2)c1. The first kappa shape index (κ1) is 21.3. The molecule has 1 aliphatic heterocycles. The van der Waals surface area contributed by atoms with E-state index in [4.69, 9.17) is 9.72 Å². The van der Waals surface area contributed by atoms with Gasteiger partial charge in [0.25, 0.3) is 0 Å². The maximum atomic E-state index is 14.4. The van der Waals surface area contributed by atoms with E-state index in [-0.39, 0.29) is 5.82 Å². The second-order valence-electron chi connectivity index (χ2n) is 8.32. The lowest BCUT2D eigenvalue weighted by Crippen LogP contribution is -2.26. The number of aromatic nitrogens is 4. The van der Waals surface area contributed by atoms with E-state index in [0.717, 1.165) is 66.3 Å². The molecule has 0 radical (unpaired) electrons. The van der Waals surface area contributed by atoms with Gasteiger partial charge in [0.15, 0.2) is 0 Å². The maximum Gasteiger partial charge on any atom is 0.128 e. The molecular formula is C25H27FN6O. The van der Waals surface area contributed by atoms with Crippen molar-refractivity contribution in [2.75, 3.05) is 38.2 Å². The summed E-state index contributed by atoms with van der Waals surface area (Å²) in [4.78, 5) is 14.0. The Labute approximate surface area is 192 Å². The predicted octanol–water partition coefficient (Wildman–Crippen LogP) is 4.79. The summed E-state index contributed by atoms with van der Waals surface area (Å²) in [5.41, 5.74) is 4.91. The van der Waals surface area contributed by atoms with Crippen molar-refractivity contribution in [2.24, 2.45) is 0 Å². The van der Waals surface area contributed by atoms with Gasteiger partial charge in [-0.05, 0) is 63.2 Å². The van der Waals surface area contributed by atoms with Crippen LogP contribution in [0.4, 0.5) is 15.8 Å². The molecule has 1 N–H and O–H groups in total. The van der Waals surface area contributed by atoms with Crippen LogP contribution in [-0.2, 0) is 0 Å². The third kappa shape index (κ3) is 4.80. The van der Waals surface area contributed by atoms with E-state index >= 15 is 0 Å². The van der Waals surface area contributed by atoms with Gasteiger partial charge in [-0.25, -0.2) is 9.37 Å². The molecule has 0 atom stereocenters. The zero-order valence-corrected chi connectivity index (χ0v) is 18.7. The van der Waals surface area contributed by atoms with Crippen molar-refractivity contribution < 1.29 is 9.13 Å². The number of aromatic amines is 1. The average molecular weight is 447 g/mol. The first-order valence-corrected chi connectivity index (χ1v) is 11.3. The Morgan fingerprint density at radius 3 is 2.73 bits per heavy atom. The van der Waals surface area contributed by atoms with Crippen molar-refractivity contribution in [3.63, 3.8) is 0 Å². The lowest BCUT2D eigenvalue weighted by Gasteiger charge is -2.27. The number of hydrogen-bond acceptors (Lipinski definition) is 6. The maximum absolute atomic E-state index is 14.4. The second-order valence-corrected chi connectivity index (χ2v) is 8.32. The van der Waals surface area contributed by atoms with E-state index in [0.29, 0.717) is 5.75 Å². The molecule has 7 nitrogen and oxygen atoms in total. The molecule has 0 aliphatic carbocycles. The molecule has 8 heteroatoms. The smallest absolute Gasteiger partial charge is 0.128 e. The predicted molar refractivity (Wildman–Crippen MR) is 127 cm³/mol. The number of methoxy groups -OCH3 is 1. The molecule has 33 heavy (non-hydrogen) atoms. The summed E-state index contributed by atoms with van der Waals surface area (Å²) in [6.45, 7) is 4.11. The molecule has 0 saturated carbocycles. The second kappa shape index (κ2) is 9.54. The highest BCUT2D eigenvalue weighted by atomic mass is 19.1. The monoisotopic (exact) mass is 446 g/mol. The minimum absolute atomic E-state index is 0.322. The fourth-order valence-electron chi connectivity index (χ4n) is 4.39. The van der Waals surface area contributed by atoms with Crippen molar-refractivity contribution in [3.05, 3.63) is 60.8 Å². The number of rotatable bonds is 8. The van der Waals surface area contributed by atoms with Crippen LogP contribution >= 0.6 is 0 Å². The van der Waals surface area contributed by atoms with Gasteiger partial charge in [0.1, 0.15) is 11.6 Å². The summed E-state index contributed by atoms with van der Waals surface area (Å²) >= 11 is 0. The van der Waals surface area contributed by atoms with Gasteiger partial charge in [0, 0.05) is 41.8 Å². The Morgan fingerprint density at radius 1 is 1.06 bits per heavy atom. The normalized spacial score (nSPS) is 14.1. The molecule has 3 heterocycles. The van der Waals surface area contributed by atoms with E-state index in [1.54, 1.807) is 31.8 Å². The molecule has 1 fully saturated rings. The molecule has 0 bridgehead atoms. The molecule has 2 aromatic heterocycles. The Morgan fingerprint density at radius 2 is 1.94 bits per heavy atom. The summed E-state index contributed by atoms with van der Waals surface area (Å²) in [6.07, 6.45) is 8.78. The number of nitrogens with one attached hydrogen (secondary N) is 1. The number of halogens is 1. The van der Waals surface area contributed by atoms with Crippen LogP contribution < -0.4 is 9.64 Å². The molecule has 170 valence electrons. The molecular weight excluding hydrogens is 419 g/mol. The fraction of sp³-hybridized carbons (Fsp3) is 0.320. The van der Waals surface area contributed by atoms with Gasteiger partial charge in [-0.1, -0.05) is 0 Å². The van der Waals surface area contributed by atoms with Gasteiger partial charge in [0.2, 0.25) is 0 Å². The lowest BCUT2D eigenvalue weighted by atomic mass is 10.1. The van der Waals surface area contributed by atoms with E-state index < -0.39 is 0 Å². The van der Waals surface area contributed by atoms with Crippen LogP contribution in [0.2, 0.25) is 0 Å². The summed E-state index contributed by atoms with van der Waals surface area (Å²) in [5, 5.41) is 6.81. The first-order chi connectivity index (χ1) is 16.2. The van der Waals surface area contributed by atoms with Crippen LogP contribution in [0.15, 0.2) is 55.0 Å². The van der Waals surface area contributed by atoms with Crippen molar-refractivity contribution in [1.29, 1.82) is 0 Å². The molecule has 0 unspecified atom stereocenters. The molecule has 1 aliphatic rings. The van der Waals surface area contributed by atoms with Crippen molar-refractivity contribution in [1.82, 2.24) is 25.1 Å². The van der Waals surface area contributed by atoms with Gasteiger partial charge in [-0.15, -0.1) is 0 Å². The quantitative estimate of drug-likeness (QED) is 0.420. The van der Waals surface area contributed by atoms with Crippen LogP contribution in [0.3, 0.4) is 0 Å². The van der Waals surface area contributed by atoms with Gasteiger partial charge in [-0.2, -0.15) is 5.10 Å². The molecule has 5 rings (SSSR count). The van der Waals surface area contributed by atoms with Crippen LogP contribution in [0, 0.1) is 5.82 Å².